The highest BCUT2D eigenvalue weighted by Crippen LogP contribution is 2.45. The van der Waals surface area contributed by atoms with Crippen molar-refractivity contribution in [3.05, 3.63) is 70.4 Å². The van der Waals surface area contributed by atoms with E-state index in [1.165, 1.54) is 42.3 Å². The number of benzene rings is 2. The summed E-state index contributed by atoms with van der Waals surface area (Å²) in [7, 11) is 1.24. The van der Waals surface area contributed by atoms with Crippen molar-refractivity contribution in [1.82, 2.24) is 0 Å². The molecule has 34 heavy (non-hydrogen) atoms. The van der Waals surface area contributed by atoms with Gasteiger partial charge in [-0.25, -0.2) is 4.79 Å². The first-order valence-electron chi connectivity index (χ1n) is 10.5. The minimum Gasteiger partial charge on any atom is -0.465 e. The van der Waals surface area contributed by atoms with Crippen LogP contribution in [0, 0.1) is 0 Å². The molecular formula is C24H20ClF3N2O4. The molecular weight excluding hydrogens is 473 g/mol. The minimum absolute atomic E-state index is 0.216. The summed E-state index contributed by atoms with van der Waals surface area (Å²) in [5.41, 5.74) is 1.29. The van der Waals surface area contributed by atoms with E-state index >= 15 is 0 Å². The molecule has 0 spiro atoms. The summed E-state index contributed by atoms with van der Waals surface area (Å²) in [6.45, 7) is 0. The second kappa shape index (κ2) is 9.13. The number of esters is 1. The molecule has 1 N–H and O–H groups in total. The van der Waals surface area contributed by atoms with Crippen LogP contribution in [0.15, 0.2) is 53.7 Å². The largest absolute Gasteiger partial charge is 0.465 e. The standard InChI is InChI=1S/C24H20ClF3N2O4/c1-34-23(33)14-7-10-18-17(11-14)29-16-3-2-4-19(31)21(16)22(30(18)20(32)12-25)13-5-8-15(9-6-13)24(26,27)28/h5-11,22,29H,2-4,12H2,1H3. The Morgan fingerprint density at radius 3 is 2.47 bits per heavy atom. The van der Waals surface area contributed by atoms with Gasteiger partial charge in [0.15, 0.2) is 5.78 Å². The number of anilines is 2. The number of amides is 1. The lowest BCUT2D eigenvalue weighted by Crippen LogP contribution is -2.38. The molecule has 1 unspecified atom stereocenters. The van der Waals surface area contributed by atoms with Crippen molar-refractivity contribution in [2.75, 3.05) is 23.2 Å². The fourth-order valence-electron chi connectivity index (χ4n) is 4.35. The summed E-state index contributed by atoms with van der Waals surface area (Å²) >= 11 is 5.92. The molecule has 1 amide bonds. The molecule has 2 aromatic carbocycles. The van der Waals surface area contributed by atoms with Gasteiger partial charge in [0.05, 0.1) is 35.7 Å². The van der Waals surface area contributed by atoms with E-state index in [0.717, 1.165) is 12.1 Å². The molecule has 0 aromatic heterocycles. The number of rotatable bonds is 3. The number of fused-ring (bicyclic) bond motifs is 1. The Kier molecular flexibility index (Phi) is 6.40. The van der Waals surface area contributed by atoms with Gasteiger partial charge in [-0.05, 0) is 48.7 Å². The van der Waals surface area contributed by atoms with Gasteiger partial charge in [-0.2, -0.15) is 13.2 Å². The average molecular weight is 493 g/mol. The van der Waals surface area contributed by atoms with E-state index in [0.29, 0.717) is 41.1 Å². The number of hydrogen-bond acceptors (Lipinski definition) is 5. The molecule has 1 heterocycles. The van der Waals surface area contributed by atoms with E-state index in [-0.39, 0.29) is 17.8 Å². The fourth-order valence-corrected chi connectivity index (χ4v) is 4.47. The van der Waals surface area contributed by atoms with Gasteiger partial charge in [0.2, 0.25) is 5.91 Å². The summed E-state index contributed by atoms with van der Waals surface area (Å²) < 4.78 is 44.2. The first-order valence-corrected chi connectivity index (χ1v) is 11.0. The second-order valence-corrected chi connectivity index (χ2v) is 8.20. The smallest absolute Gasteiger partial charge is 0.416 e. The molecule has 0 saturated carbocycles. The van der Waals surface area contributed by atoms with Crippen molar-refractivity contribution in [2.45, 2.75) is 31.5 Å². The Balaban J connectivity index is 1.95. The van der Waals surface area contributed by atoms with Gasteiger partial charge in [-0.3, -0.25) is 14.5 Å². The lowest BCUT2D eigenvalue weighted by Gasteiger charge is -2.33. The zero-order valence-corrected chi connectivity index (χ0v) is 18.8. The Morgan fingerprint density at radius 2 is 1.85 bits per heavy atom. The number of carbonyl (C=O) groups excluding carboxylic acids is 3. The number of ketones is 1. The maximum absolute atomic E-state index is 13.2. The summed E-state index contributed by atoms with van der Waals surface area (Å²) in [5, 5.41) is 3.19. The lowest BCUT2D eigenvalue weighted by molar-refractivity contribution is -0.137. The molecule has 0 radical (unpaired) electrons. The number of nitrogens with zero attached hydrogens (tertiary/aromatic N) is 1. The van der Waals surface area contributed by atoms with Crippen LogP contribution in [0.3, 0.4) is 0 Å². The SMILES string of the molecule is COC(=O)c1ccc2c(c1)NC1=C(C(=O)CCC1)C(c1ccc(C(F)(F)F)cc1)N2C(=O)CCl. The predicted molar refractivity (Wildman–Crippen MR) is 120 cm³/mol. The van der Waals surface area contributed by atoms with E-state index < -0.39 is 35.5 Å². The fraction of sp³-hybridized carbons (Fsp3) is 0.292. The molecule has 4 rings (SSSR count). The molecule has 178 valence electrons. The highest BCUT2D eigenvalue weighted by Gasteiger charge is 2.40. The molecule has 2 aromatic rings. The average Bonchev–Trinajstić information content (AvgIpc) is 2.97. The van der Waals surface area contributed by atoms with Crippen molar-refractivity contribution in [3.63, 3.8) is 0 Å². The molecule has 0 fully saturated rings. The highest BCUT2D eigenvalue weighted by molar-refractivity contribution is 6.30. The topological polar surface area (TPSA) is 75.7 Å². The highest BCUT2D eigenvalue weighted by atomic mass is 35.5. The summed E-state index contributed by atoms with van der Waals surface area (Å²) in [6.07, 6.45) is -3.23. The first kappa shape index (κ1) is 23.8. The number of nitrogens with one attached hydrogen (secondary N) is 1. The van der Waals surface area contributed by atoms with Crippen LogP contribution in [0.1, 0.15) is 46.8 Å². The van der Waals surface area contributed by atoms with E-state index in [2.05, 4.69) is 5.32 Å². The Hall–Kier alpha value is -3.33. The number of alkyl halides is 4. The summed E-state index contributed by atoms with van der Waals surface area (Å²) in [4.78, 5) is 39.6. The van der Waals surface area contributed by atoms with Gasteiger partial charge in [-0.1, -0.05) is 12.1 Å². The van der Waals surface area contributed by atoms with E-state index in [1.54, 1.807) is 0 Å². The zero-order chi connectivity index (χ0) is 24.6. The zero-order valence-electron chi connectivity index (χ0n) is 18.0. The normalized spacial score (nSPS) is 18.0. The van der Waals surface area contributed by atoms with Crippen molar-refractivity contribution >= 4 is 40.6 Å². The molecule has 10 heteroatoms. The molecule has 1 atom stereocenters. The Morgan fingerprint density at radius 1 is 1.15 bits per heavy atom. The predicted octanol–water partition coefficient (Wildman–Crippen LogP) is 5.24. The minimum atomic E-state index is -4.53. The van der Waals surface area contributed by atoms with Crippen molar-refractivity contribution in [3.8, 4) is 0 Å². The van der Waals surface area contributed by atoms with Gasteiger partial charge in [0.1, 0.15) is 5.88 Å². The maximum atomic E-state index is 13.2. The van der Waals surface area contributed by atoms with E-state index in [4.69, 9.17) is 16.3 Å². The number of halogens is 4. The van der Waals surface area contributed by atoms with Gasteiger partial charge >= 0.3 is 12.1 Å². The van der Waals surface area contributed by atoms with Crippen LogP contribution < -0.4 is 10.2 Å². The number of ether oxygens (including phenoxy) is 1. The van der Waals surface area contributed by atoms with Gasteiger partial charge in [0.25, 0.3) is 0 Å². The third-order valence-corrected chi connectivity index (χ3v) is 6.12. The van der Waals surface area contributed by atoms with Crippen LogP contribution in [0.5, 0.6) is 0 Å². The quantitative estimate of drug-likeness (QED) is 0.468. The molecule has 0 saturated heterocycles. The number of allylic oxidation sites excluding steroid dienone is 1. The van der Waals surface area contributed by atoms with Crippen molar-refractivity contribution in [1.29, 1.82) is 0 Å². The third-order valence-electron chi connectivity index (χ3n) is 5.89. The van der Waals surface area contributed by atoms with Gasteiger partial charge in [0, 0.05) is 17.7 Å². The summed E-state index contributed by atoms with van der Waals surface area (Å²) in [5.74, 6) is -1.77. The molecule has 6 nitrogen and oxygen atoms in total. The first-order chi connectivity index (χ1) is 16.2. The van der Waals surface area contributed by atoms with Gasteiger partial charge < -0.3 is 10.1 Å². The summed E-state index contributed by atoms with van der Waals surface area (Å²) in [6, 6.07) is 7.89. The van der Waals surface area contributed by atoms with Gasteiger partial charge in [-0.15, -0.1) is 11.6 Å². The van der Waals surface area contributed by atoms with E-state index in [1.807, 2.05) is 0 Å². The Bertz CT molecular complexity index is 1190. The van der Waals surface area contributed by atoms with Crippen LogP contribution in [0.4, 0.5) is 24.5 Å². The van der Waals surface area contributed by atoms with Crippen molar-refractivity contribution in [2.24, 2.45) is 0 Å². The van der Waals surface area contributed by atoms with Crippen LogP contribution in [0.2, 0.25) is 0 Å². The number of methoxy groups -OCH3 is 1. The monoisotopic (exact) mass is 492 g/mol. The molecule has 2 aliphatic rings. The molecule has 0 bridgehead atoms. The molecule has 1 aliphatic carbocycles. The number of Topliss-reactive ketones (excluding diaryl/α,β-unsaturated/α-hetero) is 1. The van der Waals surface area contributed by atoms with E-state index in [9.17, 15) is 27.6 Å². The van der Waals surface area contributed by atoms with Crippen LogP contribution in [-0.2, 0) is 20.5 Å². The number of hydrogen-bond donors (Lipinski definition) is 1. The Labute approximate surface area is 198 Å². The number of carbonyl (C=O) groups is 3. The maximum Gasteiger partial charge on any atom is 0.416 e. The van der Waals surface area contributed by atoms with Crippen LogP contribution >= 0.6 is 11.6 Å². The third kappa shape index (κ3) is 4.27. The second-order valence-electron chi connectivity index (χ2n) is 7.94. The molecule has 1 aliphatic heterocycles. The van der Waals surface area contributed by atoms with Crippen molar-refractivity contribution < 1.29 is 32.3 Å². The lowest BCUT2D eigenvalue weighted by atomic mass is 9.85. The van der Waals surface area contributed by atoms with Crippen LogP contribution in [0.25, 0.3) is 0 Å². The van der Waals surface area contributed by atoms with Crippen LogP contribution in [-0.4, -0.2) is 30.6 Å².